The van der Waals surface area contributed by atoms with Crippen LogP contribution in [0.1, 0.15) is 37.7 Å². The SMILES string of the molecule is O=[N+]([O-])c1cc(F)cc(CN(CCO)C2CCCCC2)c1. The molecule has 1 saturated carbocycles. The molecule has 1 aromatic rings. The third kappa shape index (κ3) is 4.47. The van der Waals surface area contributed by atoms with Crippen molar-refractivity contribution in [3.8, 4) is 0 Å². The van der Waals surface area contributed by atoms with Crippen LogP contribution in [0, 0.1) is 15.9 Å². The molecule has 0 saturated heterocycles. The Labute approximate surface area is 123 Å². The molecule has 1 fully saturated rings. The largest absolute Gasteiger partial charge is 0.395 e. The molecule has 2 rings (SSSR count). The van der Waals surface area contributed by atoms with Crippen molar-refractivity contribution >= 4 is 5.69 Å². The molecule has 1 aliphatic rings. The fourth-order valence-electron chi connectivity index (χ4n) is 3.03. The lowest BCUT2D eigenvalue weighted by molar-refractivity contribution is -0.385. The van der Waals surface area contributed by atoms with E-state index < -0.39 is 10.7 Å². The van der Waals surface area contributed by atoms with E-state index in [9.17, 15) is 19.6 Å². The van der Waals surface area contributed by atoms with E-state index >= 15 is 0 Å². The number of hydrogen-bond donors (Lipinski definition) is 1. The van der Waals surface area contributed by atoms with Crippen LogP contribution in [0.4, 0.5) is 10.1 Å². The number of non-ortho nitro benzene ring substituents is 1. The van der Waals surface area contributed by atoms with Gasteiger partial charge >= 0.3 is 0 Å². The van der Waals surface area contributed by atoms with Gasteiger partial charge in [0, 0.05) is 25.2 Å². The molecule has 21 heavy (non-hydrogen) atoms. The van der Waals surface area contributed by atoms with E-state index in [0.717, 1.165) is 31.7 Å². The fourth-order valence-corrected chi connectivity index (χ4v) is 3.03. The second-order valence-electron chi connectivity index (χ2n) is 5.56. The maximum atomic E-state index is 13.5. The first-order chi connectivity index (χ1) is 10.1. The van der Waals surface area contributed by atoms with Crippen molar-refractivity contribution in [1.29, 1.82) is 0 Å². The molecule has 116 valence electrons. The Morgan fingerprint density at radius 3 is 2.62 bits per heavy atom. The molecule has 0 atom stereocenters. The zero-order chi connectivity index (χ0) is 15.2. The zero-order valence-electron chi connectivity index (χ0n) is 12.0. The summed E-state index contributed by atoms with van der Waals surface area (Å²) >= 11 is 0. The van der Waals surface area contributed by atoms with E-state index in [0.29, 0.717) is 24.7 Å². The molecule has 1 aliphatic carbocycles. The Balaban J connectivity index is 2.13. The van der Waals surface area contributed by atoms with E-state index in [4.69, 9.17) is 0 Å². The Morgan fingerprint density at radius 1 is 1.29 bits per heavy atom. The van der Waals surface area contributed by atoms with E-state index in [2.05, 4.69) is 4.90 Å². The molecule has 6 heteroatoms. The van der Waals surface area contributed by atoms with Gasteiger partial charge in [0.05, 0.1) is 17.6 Å². The van der Waals surface area contributed by atoms with Crippen LogP contribution >= 0.6 is 0 Å². The molecule has 0 unspecified atom stereocenters. The summed E-state index contributed by atoms with van der Waals surface area (Å²) in [6.45, 7) is 0.979. The van der Waals surface area contributed by atoms with Crippen molar-refractivity contribution < 1.29 is 14.4 Å². The Hall–Kier alpha value is -1.53. The van der Waals surface area contributed by atoms with Gasteiger partial charge in [-0.15, -0.1) is 0 Å². The summed E-state index contributed by atoms with van der Waals surface area (Å²) in [7, 11) is 0. The highest BCUT2D eigenvalue weighted by Gasteiger charge is 2.21. The number of aliphatic hydroxyl groups is 1. The number of rotatable bonds is 6. The van der Waals surface area contributed by atoms with Crippen LogP contribution in [0.15, 0.2) is 18.2 Å². The fraction of sp³-hybridized carbons (Fsp3) is 0.600. The molecule has 0 heterocycles. The van der Waals surface area contributed by atoms with Crippen molar-refractivity contribution in [3.63, 3.8) is 0 Å². The standard InChI is InChI=1S/C15H21FN2O3/c16-13-8-12(9-15(10-13)18(20)21)11-17(6-7-19)14-4-2-1-3-5-14/h8-10,14,19H,1-7,11H2. The minimum atomic E-state index is -0.591. The molecule has 0 radical (unpaired) electrons. The van der Waals surface area contributed by atoms with Gasteiger partial charge < -0.3 is 5.11 Å². The van der Waals surface area contributed by atoms with E-state index in [-0.39, 0.29) is 12.3 Å². The number of nitro groups is 1. The number of nitro benzene ring substituents is 1. The highest BCUT2D eigenvalue weighted by molar-refractivity contribution is 5.35. The number of aliphatic hydroxyl groups excluding tert-OH is 1. The molecule has 0 aromatic heterocycles. The van der Waals surface area contributed by atoms with Crippen molar-refractivity contribution in [2.45, 2.75) is 44.7 Å². The molecule has 0 amide bonds. The monoisotopic (exact) mass is 296 g/mol. The second kappa shape index (κ2) is 7.47. The smallest absolute Gasteiger partial charge is 0.272 e. The molecule has 0 bridgehead atoms. The molecule has 5 nitrogen and oxygen atoms in total. The predicted molar refractivity (Wildman–Crippen MR) is 77.4 cm³/mol. The average Bonchev–Trinajstić information content (AvgIpc) is 2.47. The van der Waals surface area contributed by atoms with Gasteiger partial charge in [-0.3, -0.25) is 15.0 Å². The first-order valence-electron chi connectivity index (χ1n) is 7.39. The lowest BCUT2D eigenvalue weighted by Crippen LogP contribution is -2.38. The van der Waals surface area contributed by atoms with Crippen LogP contribution in [-0.4, -0.2) is 34.1 Å². The van der Waals surface area contributed by atoms with Crippen molar-refractivity contribution in [2.75, 3.05) is 13.2 Å². The quantitative estimate of drug-likeness (QED) is 0.647. The van der Waals surface area contributed by atoms with Gasteiger partial charge in [-0.05, 0) is 24.5 Å². The van der Waals surface area contributed by atoms with Crippen LogP contribution in [0.3, 0.4) is 0 Å². The number of nitrogens with zero attached hydrogens (tertiary/aromatic N) is 2. The lowest BCUT2D eigenvalue weighted by atomic mass is 9.94. The van der Waals surface area contributed by atoms with Gasteiger partial charge in [0.25, 0.3) is 5.69 Å². The Bertz CT molecular complexity index is 490. The molecule has 0 aliphatic heterocycles. The van der Waals surface area contributed by atoms with Gasteiger partial charge in [-0.1, -0.05) is 19.3 Å². The molecular formula is C15H21FN2O3. The topological polar surface area (TPSA) is 66.6 Å². The summed E-state index contributed by atoms with van der Waals surface area (Å²) < 4.78 is 13.5. The Morgan fingerprint density at radius 2 is 2.00 bits per heavy atom. The summed E-state index contributed by atoms with van der Waals surface area (Å²) in [6, 6.07) is 4.05. The number of benzene rings is 1. The third-order valence-corrected chi connectivity index (χ3v) is 4.02. The second-order valence-corrected chi connectivity index (χ2v) is 5.56. The van der Waals surface area contributed by atoms with Crippen LogP contribution < -0.4 is 0 Å². The average molecular weight is 296 g/mol. The van der Waals surface area contributed by atoms with Crippen LogP contribution in [0.25, 0.3) is 0 Å². The molecular weight excluding hydrogens is 275 g/mol. The van der Waals surface area contributed by atoms with Gasteiger partial charge in [0.1, 0.15) is 5.82 Å². The Kier molecular flexibility index (Phi) is 5.64. The summed E-state index contributed by atoms with van der Waals surface area (Å²) in [4.78, 5) is 12.3. The highest BCUT2D eigenvalue weighted by atomic mass is 19.1. The van der Waals surface area contributed by atoms with E-state index in [1.807, 2.05) is 0 Å². The summed E-state index contributed by atoms with van der Waals surface area (Å²) in [6.07, 6.45) is 5.69. The third-order valence-electron chi connectivity index (χ3n) is 4.02. The van der Waals surface area contributed by atoms with E-state index in [1.54, 1.807) is 0 Å². The molecule has 1 aromatic carbocycles. The first-order valence-corrected chi connectivity index (χ1v) is 7.39. The van der Waals surface area contributed by atoms with Crippen LogP contribution in [0.5, 0.6) is 0 Å². The lowest BCUT2D eigenvalue weighted by Gasteiger charge is -2.34. The summed E-state index contributed by atoms with van der Waals surface area (Å²) in [5.41, 5.74) is 0.360. The van der Waals surface area contributed by atoms with Crippen molar-refractivity contribution in [3.05, 3.63) is 39.7 Å². The minimum absolute atomic E-state index is 0.0356. The van der Waals surface area contributed by atoms with E-state index in [1.165, 1.54) is 18.6 Å². The predicted octanol–water partition coefficient (Wildman–Crippen LogP) is 2.86. The highest BCUT2D eigenvalue weighted by Crippen LogP contribution is 2.25. The number of hydrogen-bond acceptors (Lipinski definition) is 4. The maximum absolute atomic E-state index is 13.5. The van der Waals surface area contributed by atoms with Crippen molar-refractivity contribution in [2.24, 2.45) is 0 Å². The van der Waals surface area contributed by atoms with Crippen LogP contribution in [0.2, 0.25) is 0 Å². The van der Waals surface area contributed by atoms with Crippen LogP contribution in [-0.2, 0) is 6.54 Å². The first kappa shape index (κ1) is 15.9. The summed E-state index contributed by atoms with van der Waals surface area (Å²) in [5, 5.41) is 20.0. The minimum Gasteiger partial charge on any atom is -0.395 e. The molecule has 0 spiro atoms. The normalized spacial score (nSPS) is 16.3. The summed E-state index contributed by atoms with van der Waals surface area (Å²) in [5.74, 6) is -0.591. The number of halogens is 1. The van der Waals surface area contributed by atoms with Gasteiger partial charge in [-0.25, -0.2) is 4.39 Å². The van der Waals surface area contributed by atoms with Gasteiger partial charge in [0.2, 0.25) is 0 Å². The zero-order valence-corrected chi connectivity index (χ0v) is 12.0. The van der Waals surface area contributed by atoms with Crippen molar-refractivity contribution in [1.82, 2.24) is 4.90 Å². The molecule has 1 N–H and O–H groups in total. The van der Waals surface area contributed by atoms with Gasteiger partial charge in [0.15, 0.2) is 0 Å². The van der Waals surface area contributed by atoms with Gasteiger partial charge in [-0.2, -0.15) is 0 Å². The maximum Gasteiger partial charge on any atom is 0.272 e.